The number of carbonyl (C=O) groups excluding carboxylic acids is 1. The van der Waals surface area contributed by atoms with Gasteiger partial charge in [-0.05, 0) is 121 Å². The highest BCUT2D eigenvalue weighted by Crippen LogP contribution is 2.67. The van der Waals surface area contributed by atoms with E-state index in [9.17, 15) is 9.90 Å². The van der Waals surface area contributed by atoms with E-state index in [0.717, 1.165) is 36.0 Å². The Kier molecular flexibility index (Phi) is 8.24. The van der Waals surface area contributed by atoms with Crippen LogP contribution in [0.5, 0.6) is 0 Å². The second-order valence-corrected chi connectivity index (χ2v) is 14.9. The van der Waals surface area contributed by atoms with Crippen LogP contribution in [0.4, 0.5) is 0 Å². The van der Waals surface area contributed by atoms with Gasteiger partial charge in [0.05, 0.1) is 12.2 Å². The molecule has 0 heterocycles. The van der Waals surface area contributed by atoms with E-state index in [4.69, 9.17) is 11.3 Å². The first kappa shape index (κ1) is 31.5. The molecule has 0 radical (unpaired) electrons. The predicted octanol–water partition coefficient (Wildman–Crippen LogP) is 9.22. The van der Waals surface area contributed by atoms with Gasteiger partial charge >= 0.3 is 5.97 Å². The van der Waals surface area contributed by atoms with E-state index < -0.39 is 5.60 Å². The van der Waals surface area contributed by atoms with Crippen LogP contribution in [0.15, 0.2) is 47.1 Å². The minimum absolute atomic E-state index is 0.0412. The summed E-state index contributed by atoms with van der Waals surface area (Å²) in [6.07, 6.45) is 3.75. The highest BCUT2D eigenvalue weighted by atomic mass is 16.5. The standard InChI is InChI=1S/C38H54O3/c1-21(2)19-41-32(39)15-14-29-16-30(22(3)4)31-18-36(12)20-37(13)17-24(7)33(23(5)6)27(10)38(37,40)28(11)35(36)26(9)34(31)25(29)8/h16,21-22,27,40H,5,9,14-15,17-20H2,1-4,6-8,10-13H3/t27?,36-,37+,38+/m1/s1. The van der Waals surface area contributed by atoms with Gasteiger partial charge in [-0.25, -0.2) is 0 Å². The predicted molar refractivity (Wildman–Crippen MR) is 172 cm³/mol. The first-order valence-corrected chi connectivity index (χ1v) is 15.7. The molecule has 4 rings (SSSR count). The molecular formula is C38H54O3. The number of fused-ring (bicyclic) bond motifs is 3. The molecule has 224 valence electrons. The zero-order valence-corrected chi connectivity index (χ0v) is 27.7. The number of ether oxygens (including phenoxy) is 1. The maximum absolute atomic E-state index is 12.8. The summed E-state index contributed by atoms with van der Waals surface area (Å²) in [5.41, 5.74) is 12.1. The first-order chi connectivity index (χ1) is 18.9. The third kappa shape index (κ3) is 4.90. The average Bonchev–Trinajstić information content (AvgIpc) is 2.83. The fourth-order valence-corrected chi connectivity index (χ4v) is 9.33. The minimum atomic E-state index is -0.970. The topological polar surface area (TPSA) is 46.5 Å². The lowest BCUT2D eigenvalue weighted by Gasteiger charge is -2.62. The van der Waals surface area contributed by atoms with Gasteiger partial charge in [0.2, 0.25) is 0 Å². The molecule has 0 amide bonds. The molecule has 3 aliphatic rings. The summed E-state index contributed by atoms with van der Waals surface area (Å²) < 4.78 is 5.49. The Hall–Kier alpha value is -2.39. The number of esters is 1. The van der Waals surface area contributed by atoms with Crippen molar-refractivity contribution >= 4 is 11.5 Å². The van der Waals surface area contributed by atoms with Gasteiger partial charge in [0.25, 0.3) is 0 Å². The number of carbonyl (C=O) groups is 1. The number of aliphatic hydroxyl groups is 1. The van der Waals surface area contributed by atoms with Gasteiger partial charge in [-0.3, -0.25) is 4.79 Å². The molecule has 1 N–H and O–H groups in total. The van der Waals surface area contributed by atoms with Gasteiger partial charge in [0.15, 0.2) is 0 Å². The van der Waals surface area contributed by atoms with Crippen molar-refractivity contribution in [3.05, 3.63) is 74.9 Å². The van der Waals surface area contributed by atoms with Crippen molar-refractivity contribution in [3.8, 4) is 0 Å². The quantitative estimate of drug-likeness (QED) is 0.339. The molecule has 4 atom stereocenters. The smallest absolute Gasteiger partial charge is 0.306 e. The maximum Gasteiger partial charge on any atom is 0.306 e. The van der Waals surface area contributed by atoms with Crippen LogP contribution in [-0.2, 0) is 22.4 Å². The maximum atomic E-state index is 12.8. The summed E-state index contributed by atoms with van der Waals surface area (Å²) in [5, 5.41) is 12.8. The van der Waals surface area contributed by atoms with Crippen molar-refractivity contribution in [1.82, 2.24) is 0 Å². The number of hydrogen-bond acceptors (Lipinski definition) is 3. The van der Waals surface area contributed by atoms with Crippen molar-refractivity contribution in [2.45, 2.75) is 120 Å². The fraction of sp³-hybridized carbons (Fsp3) is 0.605. The van der Waals surface area contributed by atoms with Crippen LogP contribution in [-0.4, -0.2) is 23.3 Å². The lowest BCUT2D eigenvalue weighted by molar-refractivity contribution is -0.144. The molecule has 0 aliphatic heterocycles. The van der Waals surface area contributed by atoms with Gasteiger partial charge in [-0.1, -0.05) is 78.8 Å². The van der Waals surface area contributed by atoms with Crippen molar-refractivity contribution in [3.63, 3.8) is 0 Å². The number of aryl methyl sites for hydroxylation is 1. The first-order valence-electron chi connectivity index (χ1n) is 15.7. The number of allylic oxidation sites excluding steroid dienone is 4. The second kappa shape index (κ2) is 10.7. The van der Waals surface area contributed by atoms with Gasteiger partial charge in [0.1, 0.15) is 0 Å². The lowest BCUT2D eigenvalue weighted by atomic mass is 9.44. The number of rotatable bonds is 7. The van der Waals surface area contributed by atoms with Crippen molar-refractivity contribution in [1.29, 1.82) is 0 Å². The third-order valence-electron chi connectivity index (χ3n) is 10.7. The Bertz CT molecular complexity index is 1370. The molecular weight excluding hydrogens is 504 g/mol. The Morgan fingerprint density at radius 1 is 1.15 bits per heavy atom. The highest BCUT2D eigenvalue weighted by Gasteiger charge is 2.62. The fourth-order valence-electron chi connectivity index (χ4n) is 9.33. The van der Waals surface area contributed by atoms with E-state index in [2.05, 4.69) is 88.8 Å². The highest BCUT2D eigenvalue weighted by molar-refractivity contribution is 5.87. The van der Waals surface area contributed by atoms with Crippen LogP contribution >= 0.6 is 0 Å². The molecule has 41 heavy (non-hydrogen) atoms. The summed E-state index contributed by atoms with van der Waals surface area (Å²) in [7, 11) is 0. The van der Waals surface area contributed by atoms with E-state index in [1.54, 1.807) is 0 Å². The van der Waals surface area contributed by atoms with Gasteiger partial charge in [-0.2, -0.15) is 0 Å². The Balaban J connectivity index is 1.86. The minimum Gasteiger partial charge on any atom is -0.465 e. The Morgan fingerprint density at radius 2 is 1.78 bits per heavy atom. The SMILES string of the molecule is C=C(C)C1=C(C)C[C@@]2(C)C[C@@]3(C)Cc4c(C(C)C)cc(CCC(=O)OCC(C)C)c(C)c4C(=C)C3=C(C)[C@@]2(O)C1C. The summed E-state index contributed by atoms with van der Waals surface area (Å²) in [5.74, 6) is 0.508. The molecule has 0 saturated heterocycles. The number of benzene rings is 1. The molecule has 3 heteroatoms. The van der Waals surface area contributed by atoms with E-state index in [1.807, 2.05) is 0 Å². The molecule has 3 nitrogen and oxygen atoms in total. The van der Waals surface area contributed by atoms with E-state index >= 15 is 0 Å². The lowest BCUT2D eigenvalue weighted by Crippen LogP contribution is -2.61. The summed E-state index contributed by atoms with van der Waals surface area (Å²) in [6.45, 7) is 33.8. The monoisotopic (exact) mass is 558 g/mol. The molecule has 1 unspecified atom stereocenters. The van der Waals surface area contributed by atoms with E-state index in [0.29, 0.717) is 31.3 Å². The van der Waals surface area contributed by atoms with Crippen LogP contribution in [0.1, 0.15) is 122 Å². The van der Waals surface area contributed by atoms with Crippen LogP contribution < -0.4 is 0 Å². The molecule has 0 saturated carbocycles. The summed E-state index contributed by atoms with van der Waals surface area (Å²) in [4.78, 5) is 12.5. The summed E-state index contributed by atoms with van der Waals surface area (Å²) >= 11 is 0. The van der Waals surface area contributed by atoms with Crippen molar-refractivity contribution in [2.24, 2.45) is 22.7 Å². The normalized spacial score (nSPS) is 29.5. The zero-order chi connectivity index (χ0) is 30.8. The van der Waals surface area contributed by atoms with Gasteiger partial charge in [-0.15, -0.1) is 0 Å². The molecule has 0 fully saturated rings. The Labute approximate surface area is 249 Å². The van der Waals surface area contributed by atoms with Crippen molar-refractivity contribution in [2.75, 3.05) is 6.61 Å². The van der Waals surface area contributed by atoms with E-state index in [-0.39, 0.29) is 22.7 Å². The molecule has 3 aliphatic carbocycles. The van der Waals surface area contributed by atoms with Crippen LogP contribution in [0.3, 0.4) is 0 Å². The average molecular weight is 559 g/mol. The van der Waals surface area contributed by atoms with E-state index in [1.165, 1.54) is 44.5 Å². The summed E-state index contributed by atoms with van der Waals surface area (Å²) in [6, 6.07) is 2.35. The van der Waals surface area contributed by atoms with Crippen LogP contribution in [0.2, 0.25) is 0 Å². The number of hydrogen-bond donors (Lipinski definition) is 1. The third-order valence-corrected chi connectivity index (χ3v) is 10.7. The Morgan fingerprint density at radius 3 is 2.34 bits per heavy atom. The molecule has 1 aromatic rings. The zero-order valence-electron chi connectivity index (χ0n) is 27.7. The second-order valence-electron chi connectivity index (χ2n) is 14.9. The van der Waals surface area contributed by atoms with Gasteiger partial charge < -0.3 is 9.84 Å². The molecule has 0 aromatic heterocycles. The van der Waals surface area contributed by atoms with Crippen molar-refractivity contribution < 1.29 is 14.6 Å². The largest absolute Gasteiger partial charge is 0.465 e. The van der Waals surface area contributed by atoms with Crippen LogP contribution in [0, 0.1) is 29.6 Å². The van der Waals surface area contributed by atoms with Crippen LogP contribution in [0.25, 0.3) is 5.57 Å². The van der Waals surface area contributed by atoms with Gasteiger partial charge in [0, 0.05) is 17.8 Å². The molecule has 1 aromatic carbocycles. The molecule has 0 spiro atoms. The molecule has 0 bridgehead atoms.